The van der Waals surface area contributed by atoms with Crippen LogP contribution in [0.25, 0.3) is 0 Å². The maximum Gasteiger partial charge on any atom is 0.129 e. The molecular formula is C53H90O. The highest BCUT2D eigenvalue weighted by Crippen LogP contribution is 2.69. The van der Waals surface area contributed by atoms with Gasteiger partial charge in [0.15, 0.2) is 0 Å². The average molecular weight is 743 g/mol. The van der Waals surface area contributed by atoms with E-state index in [2.05, 4.69) is 68.4 Å². The van der Waals surface area contributed by atoms with Gasteiger partial charge in [-0.2, -0.15) is 0 Å². The van der Waals surface area contributed by atoms with Crippen LogP contribution >= 0.6 is 0 Å². The molecule has 0 saturated heterocycles. The first-order chi connectivity index (χ1) is 25.6. The normalized spacial score (nSPS) is 47.7. The smallest absolute Gasteiger partial charge is 0.129 e. The Bertz CT molecular complexity index is 1320. The van der Waals surface area contributed by atoms with E-state index in [1.54, 1.807) is 6.92 Å². The lowest BCUT2D eigenvalue weighted by Gasteiger charge is -2.61. The molecule has 0 unspecified atom stereocenters. The van der Waals surface area contributed by atoms with Crippen LogP contribution in [-0.4, -0.2) is 5.78 Å². The lowest BCUT2D eigenvalue weighted by molar-refractivity contribution is -0.119. The number of carbonyl (C=O) groups excluding carboxylic acids is 1. The largest absolute Gasteiger partial charge is 0.300 e. The highest BCUT2D eigenvalue weighted by Gasteiger charge is 2.61. The van der Waals surface area contributed by atoms with E-state index in [4.69, 9.17) is 0 Å². The van der Waals surface area contributed by atoms with Gasteiger partial charge in [0.2, 0.25) is 0 Å². The molecule has 1 nitrogen and oxygen atoms in total. The molecule has 308 valence electrons. The lowest BCUT2D eigenvalue weighted by Crippen LogP contribution is -2.53. The van der Waals surface area contributed by atoms with E-state index >= 15 is 0 Å². The van der Waals surface area contributed by atoms with Crippen molar-refractivity contribution < 1.29 is 4.79 Å². The van der Waals surface area contributed by atoms with E-state index in [-0.39, 0.29) is 0 Å². The van der Waals surface area contributed by atoms with Crippen molar-refractivity contribution in [1.82, 2.24) is 0 Å². The molecule has 54 heavy (non-hydrogen) atoms. The maximum atomic E-state index is 11.5. The highest BCUT2D eigenvalue weighted by atomic mass is 16.1. The van der Waals surface area contributed by atoms with Crippen molar-refractivity contribution in [3.8, 4) is 0 Å². The molecule has 8 aliphatic rings. The highest BCUT2D eigenvalue weighted by molar-refractivity contribution is 5.75. The fraction of sp³-hybridized carbons (Fsp3) is 0.943. The van der Waals surface area contributed by atoms with E-state index in [9.17, 15) is 4.79 Å². The van der Waals surface area contributed by atoms with Gasteiger partial charge in [0.1, 0.15) is 5.78 Å². The maximum absolute atomic E-state index is 11.5. The first kappa shape index (κ1) is 41.6. The molecule has 0 aliphatic heterocycles. The SMILES string of the molecule is CC(=O)CC[C@@H](C)[C@H]1CC[C@H]2[C@@H]3CC[C@@H]4CCCC[C@]4(C)[C@H]3CC[C@]12C.CC(C)CCC[C@@H](C)[C@H]1CC[C@H]2[C@@H]3CC=C4C[C@@H](C)CC[C@]4(C)[C@H]3CC[C@]12C. The molecule has 8 rings (SSSR count). The van der Waals surface area contributed by atoms with Gasteiger partial charge in [-0.25, -0.2) is 0 Å². The molecule has 0 radical (unpaired) electrons. The summed E-state index contributed by atoms with van der Waals surface area (Å²) in [5.41, 5.74) is 4.29. The molecule has 7 fully saturated rings. The summed E-state index contributed by atoms with van der Waals surface area (Å²) < 4.78 is 0. The van der Waals surface area contributed by atoms with Crippen LogP contribution < -0.4 is 0 Å². The first-order valence-electron chi connectivity index (χ1n) is 24.8. The number of hydrogen-bond donors (Lipinski definition) is 0. The number of allylic oxidation sites excluding steroid dienone is 2. The quantitative estimate of drug-likeness (QED) is 0.215. The second kappa shape index (κ2) is 16.2. The molecule has 8 aliphatic carbocycles. The molecule has 0 amide bonds. The summed E-state index contributed by atoms with van der Waals surface area (Å²) in [6.07, 6.45) is 35.8. The summed E-state index contributed by atoms with van der Waals surface area (Å²) in [6, 6.07) is 0. The summed E-state index contributed by atoms with van der Waals surface area (Å²) >= 11 is 0. The summed E-state index contributed by atoms with van der Waals surface area (Å²) in [5, 5.41) is 0. The van der Waals surface area contributed by atoms with Crippen molar-refractivity contribution >= 4 is 5.78 Å². The fourth-order valence-corrected chi connectivity index (χ4v) is 17.8. The number of Topliss-reactive ketones (excluding diaryl/α,β-unsaturated/α-hetero) is 1. The third-order valence-electron chi connectivity index (χ3n) is 20.8. The molecule has 0 aromatic rings. The van der Waals surface area contributed by atoms with Crippen molar-refractivity contribution in [2.75, 3.05) is 0 Å². The van der Waals surface area contributed by atoms with Crippen molar-refractivity contribution in [3.63, 3.8) is 0 Å². The van der Waals surface area contributed by atoms with E-state index in [1.165, 1.54) is 135 Å². The van der Waals surface area contributed by atoms with E-state index in [0.717, 1.165) is 89.8 Å². The van der Waals surface area contributed by atoms with Crippen molar-refractivity contribution in [1.29, 1.82) is 0 Å². The number of rotatable bonds is 9. The molecule has 0 heterocycles. The Morgan fingerprint density at radius 3 is 1.94 bits per heavy atom. The first-order valence-corrected chi connectivity index (χ1v) is 24.8. The zero-order valence-electron chi connectivity index (χ0n) is 37.8. The van der Waals surface area contributed by atoms with E-state index in [0.29, 0.717) is 27.4 Å². The Hall–Kier alpha value is -0.590. The van der Waals surface area contributed by atoms with Crippen molar-refractivity contribution in [2.45, 2.75) is 217 Å². The van der Waals surface area contributed by atoms with Gasteiger partial charge in [-0.1, -0.05) is 106 Å². The Morgan fingerprint density at radius 1 is 0.648 bits per heavy atom. The van der Waals surface area contributed by atoms with Gasteiger partial charge < -0.3 is 4.79 Å². The number of hydrogen-bond acceptors (Lipinski definition) is 1. The molecule has 0 aromatic carbocycles. The van der Waals surface area contributed by atoms with Crippen LogP contribution in [0.5, 0.6) is 0 Å². The van der Waals surface area contributed by atoms with E-state index in [1.807, 2.05) is 5.57 Å². The number of ketones is 1. The summed E-state index contributed by atoms with van der Waals surface area (Å²) in [5.74, 6) is 12.7. The topological polar surface area (TPSA) is 17.1 Å². The van der Waals surface area contributed by atoms with Crippen LogP contribution in [0.3, 0.4) is 0 Å². The zero-order chi connectivity index (χ0) is 38.6. The van der Waals surface area contributed by atoms with E-state index < -0.39 is 0 Å². The monoisotopic (exact) mass is 743 g/mol. The predicted molar refractivity (Wildman–Crippen MR) is 231 cm³/mol. The standard InChI is InChI=1S/C28H48.C25H42O/c1-19(2)8-7-9-21(4)24-12-13-25-23-11-10-22-18-20(3)14-16-27(22,5)26(23)15-17-28(24,25)6;1-17(8-9-18(2)26)21-12-13-22-20-11-10-19-7-5-6-15-24(19,3)23(20)14-16-25(21,22)4/h10,19-21,23-26H,7-9,11-18H2,1-6H3;17,19-23H,5-16H2,1-4H3/t20-,21+,23-,24+,25-,26-,27-,28+;17-,19+,20+,21-,22+,23+,24+,25-/m01/s1. The molecule has 7 saturated carbocycles. The molecular weight excluding hydrogens is 653 g/mol. The van der Waals surface area contributed by atoms with Crippen LogP contribution in [-0.2, 0) is 4.79 Å². The number of carbonyl (C=O) groups is 1. The van der Waals surface area contributed by atoms with Gasteiger partial charge in [-0.05, 0) is 215 Å². The molecule has 1 heteroatoms. The van der Waals surface area contributed by atoms with Crippen LogP contribution in [0, 0.1) is 98.6 Å². The minimum atomic E-state index is 0.379. The van der Waals surface area contributed by atoms with Gasteiger partial charge in [0.05, 0.1) is 0 Å². The van der Waals surface area contributed by atoms with Crippen molar-refractivity contribution in [2.24, 2.45) is 98.6 Å². The average Bonchev–Trinajstić information content (AvgIpc) is 3.67. The van der Waals surface area contributed by atoms with Gasteiger partial charge in [-0.3, -0.25) is 0 Å². The molecule has 0 bridgehead atoms. The molecule has 0 spiro atoms. The summed E-state index contributed by atoms with van der Waals surface area (Å²) in [4.78, 5) is 11.5. The Kier molecular flexibility index (Phi) is 12.5. The number of fused-ring (bicyclic) bond motifs is 10. The molecule has 0 N–H and O–H groups in total. The lowest BCUT2D eigenvalue weighted by atomic mass is 9.44. The Morgan fingerprint density at radius 2 is 1.28 bits per heavy atom. The third-order valence-corrected chi connectivity index (χ3v) is 20.8. The Balaban J connectivity index is 0.000000167. The molecule has 16 atom stereocenters. The second-order valence-corrected chi connectivity index (χ2v) is 24.0. The third kappa shape index (κ3) is 7.45. The Labute approximate surface area is 336 Å². The summed E-state index contributed by atoms with van der Waals surface area (Å²) in [6.45, 7) is 24.8. The minimum Gasteiger partial charge on any atom is -0.300 e. The van der Waals surface area contributed by atoms with Crippen molar-refractivity contribution in [3.05, 3.63) is 11.6 Å². The molecule has 0 aromatic heterocycles. The van der Waals surface area contributed by atoms with Crippen LogP contribution in [0.1, 0.15) is 217 Å². The van der Waals surface area contributed by atoms with Crippen LogP contribution in [0.2, 0.25) is 0 Å². The van der Waals surface area contributed by atoms with Gasteiger partial charge in [-0.15, -0.1) is 0 Å². The van der Waals surface area contributed by atoms with Crippen LogP contribution in [0.15, 0.2) is 11.6 Å². The second-order valence-electron chi connectivity index (χ2n) is 24.0. The zero-order valence-corrected chi connectivity index (χ0v) is 37.8. The predicted octanol–water partition coefficient (Wildman–Crippen LogP) is 15.7. The fourth-order valence-electron chi connectivity index (χ4n) is 17.8. The van der Waals surface area contributed by atoms with Gasteiger partial charge in [0.25, 0.3) is 0 Å². The minimum absolute atomic E-state index is 0.379. The van der Waals surface area contributed by atoms with Crippen LogP contribution in [0.4, 0.5) is 0 Å². The summed E-state index contributed by atoms with van der Waals surface area (Å²) in [7, 11) is 0. The van der Waals surface area contributed by atoms with Gasteiger partial charge in [0, 0.05) is 6.42 Å². The van der Waals surface area contributed by atoms with Gasteiger partial charge >= 0.3 is 0 Å².